The summed E-state index contributed by atoms with van der Waals surface area (Å²) >= 11 is 9.76. The van der Waals surface area contributed by atoms with Crippen LogP contribution in [0.1, 0.15) is 20.8 Å². The van der Waals surface area contributed by atoms with E-state index in [1.54, 1.807) is 5.38 Å². The van der Waals surface area contributed by atoms with E-state index in [4.69, 9.17) is 11.6 Å². The number of carbonyl (C=O) groups excluding carboxylic acids is 1. The second kappa shape index (κ2) is 5.26. The molecule has 7 heteroatoms. The zero-order chi connectivity index (χ0) is 14.2. The van der Waals surface area contributed by atoms with Gasteiger partial charge in [0.2, 0.25) is 5.78 Å². The van der Waals surface area contributed by atoms with E-state index < -0.39 is 23.1 Å². The molecule has 100 valence electrons. The maximum Gasteiger partial charge on any atom is 0.417 e. The average molecular weight is 370 g/mol. The van der Waals surface area contributed by atoms with Crippen molar-refractivity contribution in [3.63, 3.8) is 0 Å². The Morgan fingerprint density at radius 3 is 2.47 bits per heavy atom. The first-order chi connectivity index (χ1) is 8.80. The molecule has 0 radical (unpaired) electrons. The Bertz CT molecular complexity index is 636. The van der Waals surface area contributed by atoms with Gasteiger partial charge in [-0.1, -0.05) is 27.5 Å². The molecule has 2 rings (SSSR count). The fourth-order valence-electron chi connectivity index (χ4n) is 1.53. The number of ketones is 1. The van der Waals surface area contributed by atoms with Crippen LogP contribution in [0.15, 0.2) is 34.1 Å². The van der Waals surface area contributed by atoms with Gasteiger partial charge < -0.3 is 0 Å². The lowest BCUT2D eigenvalue weighted by Gasteiger charge is -2.12. The van der Waals surface area contributed by atoms with Crippen molar-refractivity contribution in [3.8, 4) is 0 Å². The van der Waals surface area contributed by atoms with Crippen LogP contribution in [0, 0.1) is 0 Å². The van der Waals surface area contributed by atoms with E-state index in [1.807, 2.05) is 0 Å². The van der Waals surface area contributed by atoms with Gasteiger partial charge in [-0.2, -0.15) is 13.2 Å². The molecule has 1 nitrogen and oxygen atoms in total. The molecule has 0 saturated heterocycles. The largest absolute Gasteiger partial charge is 0.417 e. The van der Waals surface area contributed by atoms with E-state index >= 15 is 0 Å². The van der Waals surface area contributed by atoms with Crippen LogP contribution in [0.2, 0.25) is 5.02 Å². The maximum atomic E-state index is 12.9. The minimum absolute atomic E-state index is 0.106. The van der Waals surface area contributed by atoms with E-state index in [2.05, 4.69) is 15.9 Å². The molecule has 0 unspecified atom stereocenters. The van der Waals surface area contributed by atoms with Crippen LogP contribution in [0.3, 0.4) is 0 Å². The van der Waals surface area contributed by atoms with Gasteiger partial charge in [0, 0.05) is 10.0 Å². The maximum absolute atomic E-state index is 12.9. The monoisotopic (exact) mass is 368 g/mol. The predicted molar refractivity (Wildman–Crippen MR) is 71.9 cm³/mol. The van der Waals surface area contributed by atoms with Crippen molar-refractivity contribution in [1.82, 2.24) is 0 Å². The van der Waals surface area contributed by atoms with E-state index in [1.165, 1.54) is 12.1 Å². The number of benzene rings is 1. The van der Waals surface area contributed by atoms with Crippen LogP contribution in [0.4, 0.5) is 13.2 Å². The van der Waals surface area contributed by atoms with Crippen LogP contribution in [-0.4, -0.2) is 5.78 Å². The SMILES string of the molecule is O=C(c1ccc(Br)cc1C(F)(F)F)c1sccc1Cl. The molecule has 19 heavy (non-hydrogen) atoms. The quantitative estimate of drug-likeness (QED) is 0.647. The minimum Gasteiger partial charge on any atom is -0.288 e. The first-order valence-electron chi connectivity index (χ1n) is 4.95. The van der Waals surface area contributed by atoms with Gasteiger partial charge in [-0.15, -0.1) is 11.3 Å². The lowest BCUT2D eigenvalue weighted by Crippen LogP contribution is -2.13. The highest BCUT2D eigenvalue weighted by Gasteiger charge is 2.36. The summed E-state index contributed by atoms with van der Waals surface area (Å²) < 4.78 is 39.0. The van der Waals surface area contributed by atoms with Crippen molar-refractivity contribution in [3.05, 3.63) is 55.1 Å². The molecule has 0 bridgehead atoms. The minimum atomic E-state index is -4.60. The molecule has 0 aliphatic rings. The standard InChI is InChI=1S/C12H5BrClF3OS/c13-6-1-2-7(8(5-6)12(15,16)17)10(18)11-9(14)3-4-19-11/h1-5H. The zero-order valence-corrected chi connectivity index (χ0v) is 12.3. The highest BCUT2D eigenvalue weighted by molar-refractivity contribution is 9.10. The second-order valence-electron chi connectivity index (χ2n) is 3.61. The summed E-state index contributed by atoms with van der Waals surface area (Å²) in [6.07, 6.45) is -4.60. The summed E-state index contributed by atoms with van der Waals surface area (Å²) in [7, 11) is 0. The smallest absolute Gasteiger partial charge is 0.288 e. The van der Waals surface area contributed by atoms with Crippen molar-refractivity contribution < 1.29 is 18.0 Å². The average Bonchev–Trinajstić information content (AvgIpc) is 2.73. The Morgan fingerprint density at radius 2 is 1.95 bits per heavy atom. The number of alkyl halides is 3. The second-order valence-corrected chi connectivity index (χ2v) is 5.85. The zero-order valence-electron chi connectivity index (χ0n) is 9.09. The Morgan fingerprint density at radius 1 is 1.26 bits per heavy atom. The molecule has 0 aliphatic heterocycles. The molecule has 1 aromatic heterocycles. The van der Waals surface area contributed by atoms with Gasteiger partial charge in [-0.05, 0) is 29.6 Å². The van der Waals surface area contributed by atoms with E-state index in [0.717, 1.165) is 23.5 Å². The molecule has 1 heterocycles. The molecule has 2 aromatic rings. The Balaban J connectivity index is 2.57. The van der Waals surface area contributed by atoms with Gasteiger partial charge in [-0.25, -0.2) is 0 Å². The summed E-state index contributed by atoms with van der Waals surface area (Å²) in [6, 6.07) is 4.90. The normalized spacial score (nSPS) is 11.6. The summed E-state index contributed by atoms with van der Waals surface area (Å²) in [4.78, 5) is 12.2. The summed E-state index contributed by atoms with van der Waals surface area (Å²) in [5, 5.41) is 1.72. The number of thiophene rings is 1. The molecule has 1 aromatic carbocycles. The molecule has 0 fully saturated rings. The van der Waals surface area contributed by atoms with Crippen molar-refractivity contribution in [2.24, 2.45) is 0 Å². The highest BCUT2D eigenvalue weighted by Crippen LogP contribution is 2.36. The highest BCUT2D eigenvalue weighted by atomic mass is 79.9. The van der Waals surface area contributed by atoms with Crippen LogP contribution >= 0.6 is 38.9 Å². The van der Waals surface area contributed by atoms with E-state index in [-0.39, 0.29) is 14.4 Å². The molecule has 0 aliphatic carbocycles. The van der Waals surface area contributed by atoms with Gasteiger partial charge >= 0.3 is 6.18 Å². The van der Waals surface area contributed by atoms with Crippen LogP contribution in [0.5, 0.6) is 0 Å². The van der Waals surface area contributed by atoms with E-state index in [9.17, 15) is 18.0 Å². The third-order valence-electron chi connectivity index (χ3n) is 2.36. The van der Waals surface area contributed by atoms with Crippen LogP contribution in [-0.2, 0) is 6.18 Å². The lowest BCUT2D eigenvalue weighted by molar-refractivity contribution is -0.137. The Labute approximate surface area is 124 Å². The summed E-state index contributed by atoms with van der Waals surface area (Å²) in [6.45, 7) is 0. The fourth-order valence-corrected chi connectivity index (χ4v) is 2.98. The molecule has 0 N–H and O–H groups in total. The fraction of sp³-hybridized carbons (Fsp3) is 0.0833. The Hall–Kier alpha value is -0.850. The molecular formula is C12H5BrClF3OS. The summed E-state index contributed by atoms with van der Waals surface area (Å²) in [5.74, 6) is -0.722. The molecular weight excluding hydrogens is 365 g/mol. The molecule has 0 saturated carbocycles. The van der Waals surface area contributed by atoms with Gasteiger partial charge in [0.25, 0.3) is 0 Å². The molecule has 0 spiro atoms. The van der Waals surface area contributed by atoms with Gasteiger partial charge in [0.05, 0.1) is 15.5 Å². The first-order valence-corrected chi connectivity index (χ1v) is 7.00. The molecule has 0 atom stereocenters. The van der Waals surface area contributed by atoms with Gasteiger partial charge in [-0.3, -0.25) is 4.79 Å². The third-order valence-corrected chi connectivity index (χ3v) is 4.19. The predicted octanol–water partition coefficient (Wildman–Crippen LogP) is 5.41. The lowest BCUT2D eigenvalue weighted by atomic mass is 10.0. The van der Waals surface area contributed by atoms with E-state index in [0.29, 0.717) is 0 Å². The van der Waals surface area contributed by atoms with Crippen molar-refractivity contribution >= 4 is 44.7 Å². The summed E-state index contributed by atoms with van der Waals surface area (Å²) in [5.41, 5.74) is -1.38. The molecule has 0 amide bonds. The number of halogens is 5. The van der Waals surface area contributed by atoms with Crippen molar-refractivity contribution in [2.75, 3.05) is 0 Å². The number of rotatable bonds is 2. The van der Waals surface area contributed by atoms with Gasteiger partial charge in [0.1, 0.15) is 0 Å². The van der Waals surface area contributed by atoms with Crippen LogP contribution < -0.4 is 0 Å². The number of carbonyl (C=O) groups is 1. The van der Waals surface area contributed by atoms with Crippen molar-refractivity contribution in [1.29, 1.82) is 0 Å². The Kier molecular flexibility index (Phi) is 4.03. The van der Waals surface area contributed by atoms with Crippen LogP contribution in [0.25, 0.3) is 0 Å². The number of hydrogen-bond acceptors (Lipinski definition) is 2. The topological polar surface area (TPSA) is 17.1 Å². The van der Waals surface area contributed by atoms with Gasteiger partial charge in [0.15, 0.2) is 0 Å². The third kappa shape index (κ3) is 3.01. The van der Waals surface area contributed by atoms with Crippen molar-refractivity contribution in [2.45, 2.75) is 6.18 Å². The number of hydrogen-bond donors (Lipinski definition) is 0. The first kappa shape index (κ1) is 14.6.